The van der Waals surface area contributed by atoms with E-state index in [9.17, 15) is 9.59 Å². The fraction of sp³-hybridized carbons (Fsp3) is 0.714. The van der Waals surface area contributed by atoms with Gasteiger partial charge in [0.25, 0.3) is 5.91 Å². The maximum absolute atomic E-state index is 12.5. The Morgan fingerprint density at radius 3 is 1.85 bits per heavy atom. The van der Waals surface area contributed by atoms with Crippen LogP contribution in [0.1, 0.15) is 127 Å². The summed E-state index contributed by atoms with van der Waals surface area (Å²) < 4.78 is 0. The van der Waals surface area contributed by atoms with E-state index in [-0.39, 0.29) is 11.8 Å². The molecule has 0 aliphatic carbocycles. The molecular formula is C28H48N2O2S. The molecule has 1 aromatic rings. The average Bonchev–Trinajstić information content (AvgIpc) is 2.82. The predicted molar refractivity (Wildman–Crippen MR) is 144 cm³/mol. The topological polar surface area (TPSA) is 58.2 Å². The minimum absolute atomic E-state index is 0.0388. The van der Waals surface area contributed by atoms with Crippen LogP contribution < -0.4 is 10.6 Å². The van der Waals surface area contributed by atoms with Crippen LogP contribution in [0.4, 0.5) is 5.69 Å². The first-order valence-corrected chi connectivity index (χ1v) is 14.6. The lowest BCUT2D eigenvalue weighted by Crippen LogP contribution is -2.24. The van der Waals surface area contributed by atoms with Crippen molar-refractivity contribution in [1.82, 2.24) is 5.32 Å². The Labute approximate surface area is 207 Å². The third-order valence-corrected chi connectivity index (χ3v) is 6.85. The second kappa shape index (κ2) is 19.9. The van der Waals surface area contributed by atoms with Gasteiger partial charge in [0.1, 0.15) is 0 Å². The third-order valence-electron chi connectivity index (χ3n) is 6.06. The number of unbranched alkanes of at least 4 members (excludes halogenated alkanes) is 13. The normalized spacial score (nSPS) is 10.9. The minimum atomic E-state index is -0.0805. The van der Waals surface area contributed by atoms with Crippen molar-refractivity contribution in [3.05, 3.63) is 23.8 Å². The van der Waals surface area contributed by atoms with E-state index in [1.165, 1.54) is 70.6 Å². The van der Waals surface area contributed by atoms with Crippen molar-refractivity contribution in [3.63, 3.8) is 0 Å². The van der Waals surface area contributed by atoms with Gasteiger partial charge in [-0.2, -0.15) is 0 Å². The van der Waals surface area contributed by atoms with Gasteiger partial charge in [0.05, 0.1) is 5.69 Å². The van der Waals surface area contributed by atoms with Crippen LogP contribution in [0.2, 0.25) is 0 Å². The Morgan fingerprint density at radius 1 is 0.758 bits per heavy atom. The van der Waals surface area contributed by atoms with Gasteiger partial charge in [0.2, 0.25) is 5.91 Å². The number of benzene rings is 1. The molecule has 0 aliphatic heterocycles. The molecule has 5 heteroatoms. The summed E-state index contributed by atoms with van der Waals surface area (Å²) in [5, 5.41) is 5.97. The molecule has 0 spiro atoms. The van der Waals surface area contributed by atoms with Crippen molar-refractivity contribution in [2.45, 2.75) is 121 Å². The highest BCUT2D eigenvalue weighted by Gasteiger charge is 2.11. The summed E-state index contributed by atoms with van der Waals surface area (Å²) in [6.07, 6.45) is 21.5. The smallest absolute Gasteiger partial charge is 0.251 e. The first-order chi connectivity index (χ1) is 16.1. The molecule has 33 heavy (non-hydrogen) atoms. The van der Waals surface area contributed by atoms with E-state index < -0.39 is 0 Å². The lowest BCUT2D eigenvalue weighted by Gasteiger charge is -2.12. The van der Waals surface area contributed by atoms with Crippen LogP contribution in [-0.2, 0) is 4.79 Å². The molecule has 1 aromatic carbocycles. The van der Waals surface area contributed by atoms with Crippen molar-refractivity contribution >= 4 is 29.3 Å². The fourth-order valence-electron chi connectivity index (χ4n) is 3.94. The van der Waals surface area contributed by atoms with E-state index in [0.29, 0.717) is 18.5 Å². The second-order valence-corrected chi connectivity index (χ2v) is 9.91. The molecule has 188 valence electrons. The summed E-state index contributed by atoms with van der Waals surface area (Å²) in [7, 11) is 0. The zero-order chi connectivity index (χ0) is 24.2. The second-order valence-electron chi connectivity index (χ2n) is 9.07. The zero-order valence-corrected chi connectivity index (χ0v) is 22.3. The number of nitrogens with one attached hydrogen (secondary N) is 2. The minimum Gasteiger partial charge on any atom is -0.352 e. The van der Waals surface area contributed by atoms with Gasteiger partial charge < -0.3 is 10.6 Å². The van der Waals surface area contributed by atoms with Gasteiger partial charge in [0.15, 0.2) is 0 Å². The molecule has 0 radical (unpaired) electrons. The highest BCUT2D eigenvalue weighted by atomic mass is 32.2. The van der Waals surface area contributed by atoms with E-state index >= 15 is 0 Å². The molecule has 4 nitrogen and oxygen atoms in total. The van der Waals surface area contributed by atoms with Gasteiger partial charge >= 0.3 is 0 Å². The van der Waals surface area contributed by atoms with Gasteiger partial charge in [-0.25, -0.2) is 0 Å². The Kier molecular flexibility index (Phi) is 17.8. The number of carbonyl (C=O) groups excluding carboxylic acids is 2. The Morgan fingerprint density at radius 2 is 1.30 bits per heavy atom. The Hall–Kier alpha value is -1.49. The maximum Gasteiger partial charge on any atom is 0.251 e. The first kappa shape index (κ1) is 29.5. The standard InChI is InChI=1S/C28H48N2O2S/c1-4-6-8-9-10-11-12-13-14-15-16-17-18-19-27(31)30-25-23-24(20-21-26(25)33-3)28(32)29-22-7-5-2/h20-21,23H,4-19,22H2,1-3H3,(H,29,32)(H,30,31). The molecule has 0 bridgehead atoms. The van der Waals surface area contributed by atoms with Crippen LogP contribution in [0.3, 0.4) is 0 Å². The van der Waals surface area contributed by atoms with Gasteiger partial charge in [-0.1, -0.05) is 97.3 Å². The predicted octanol–water partition coefficient (Wildman–Crippen LogP) is 8.36. The van der Waals surface area contributed by atoms with Gasteiger partial charge in [-0.05, 0) is 37.3 Å². The van der Waals surface area contributed by atoms with Crippen LogP contribution in [0, 0.1) is 0 Å². The zero-order valence-electron chi connectivity index (χ0n) is 21.5. The molecule has 2 amide bonds. The van der Waals surface area contributed by atoms with Crippen LogP contribution in [0.25, 0.3) is 0 Å². The lowest BCUT2D eigenvalue weighted by atomic mass is 10.0. The summed E-state index contributed by atoms with van der Waals surface area (Å²) in [4.78, 5) is 25.8. The van der Waals surface area contributed by atoms with Gasteiger partial charge in [0, 0.05) is 23.4 Å². The fourth-order valence-corrected chi connectivity index (χ4v) is 4.48. The molecule has 0 aliphatic rings. The van der Waals surface area contributed by atoms with E-state index in [1.807, 2.05) is 18.4 Å². The molecule has 0 saturated heterocycles. The largest absolute Gasteiger partial charge is 0.352 e. The molecule has 1 rings (SSSR count). The van der Waals surface area contributed by atoms with Crippen molar-refractivity contribution in [1.29, 1.82) is 0 Å². The number of rotatable bonds is 20. The number of amides is 2. The molecule has 0 unspecified atom stereocenters. The van der Waals surface area contributed by atoms with Crippen LogP contribution in [0.15, 0.2) is 23.1 Å². The summed E-state index contributed by atoms with van der Waals surface area (Å²) >= 11 is 1.58. The monoisotopic (exact) mass is 476 g/mol. The van der Waals surface area contributed by atoms with E-state index in [1.54, 1.807) is 17.8 Å². The van der Waals surface area contributed by atoms with Crippen molar-refractivity contribution < 1.29 is 9.59 Å². The highest BCUT2D eigenvalue weighted by molar-refractivity contribution is 7.98. The quantitative estimate of drug-likeness (QED) is 0.147. The van der Waals surface area contributed by atoms with E-state index in [2.05, 4.69) is 24.5 Å². The number of carbonyl (C=O) groups is 2. The Balaban J connectivity index is 2.21. The van der Waals surface area contributed by atoms with Crippen LogP contribution in [-0.4, -0.2) is 24.6 Å². The number of anilines is 1. The molecule has 2 N–H and O–H groups in total. The summed E-state index contributed by atoms with van der Waals surface area (Å²) in [6.45, 7) is 5.05. The average molecular weight is 477 g/mol. The van der Waals surface area contributed by atoms with E-state index in [0.717, 1.165) is 36.3 Å². The SMILES string of the molecule is CCCCCCCCCCCCCCCC(=O)Nc1cc(C(=O)NCCCC)ccc1SC. The molecule has 0 fully saturated rings. The summed E-state index contributed by atoms with van der Waals surface area (Å²) in [5.74, 6) is -0.0417. The Bertz CT molecular complexity index is 663. The number of thioether (sulfide) groups is 1. The molecule has 0 saturated carbocycles. The maximum atomic E-state index is 12.5. The number of hydrogen-bond donors (Lipinski definition) is 2. The van der Waals surface area contributed by atoms with Crippen molar-refractivity contribution in [3.8, 4) is 0 Å². The summed E-state index contributed by atoms with van der Waals surface area (Å²) in [5.41, 5.74) is 1.34. The van der Waals surface area contributed by atoms with Crippen molar-refractivity contribution in [2.24, 2.45) is 0 Å². The van der Waals surface area contributed by atoms with Gasteiger partial charge in [-0.3, -0.25) is 9.59 Å². The molecule has 0 atom stereocenters. The highest BCUT2D eigenvalue weighted by Crippen LogP contribution is 2.27. The molecular weight excluding hydrogens is 428 g/mol. The number of hydrogen-bond acceptors (Lipinski definition) is 3. The van der Waals surface area contributed by atoms with Crippen molar-refractivity contribution in [2.75, 3.05) is 18.1 Å². The van der Waals surface area contributed by atoms with Crippen LogP contribution >= 0.6 is 11.8 Å². The van der Waals surface area contributed by atoms with E-state index in [4.69, 9.17) is 0 Å². The lowest BCUT2D eigenvalue weighted by molar-refractivity contribution is -0.116. The third kappa shape index (κ3) is 14.4. The summed E-state index contributed by atoms with van der Waals surface area (Å²) in [6, 6.07) is 5.55. The van der Waals surface area contributed by atoms with Gasteiger partial charge in [-0.15, -0.1) is 11.8 Å². The van der Waals surface area contributed by atoms with Crippen LogP contribution in [0.5, 0.6) is 0 Å². The molecule has 0 heterocycles. The first-order valence-electron chi connectivity index (χ1n) is 13.4. The molecule has 0 aromatic heterocycles.